The van der Waals surface area contributed by atoms with E-state index in [1.807, 2.05) is 0 Å². The predicted molar refractivity (Wildman–Crippen MR) is 80.2 cm³/mol. The molecule has 0 aliphatic heterocycles. The quantitative estimate of drug-likeness (QED) is 0.631. The molecule has 0 heterocycles. The van der Waals surface area contributed by atoms with Crippen molar-refractivity contribution in [3.05, 3.63) is 28.8 Å². The zero-order valence-corrected chi connectivity index (χ0v) is 12.9. The van der Waals surface area contributed by atoms with E-state index in [2.05, 4.69) is 21.2 Å². The highest BCUT2D eigenvalue weighted by molar-refractivity contribution is 9.09. The van der Waals surface area contributed by atoms with Crippen LogP contribution in [0, 0.1) is 0 Å². The van der Waals surface area contributed by atoms with Crippen molar-refractivity contribution in [3.63, 3.8) is 0 Å². The number of phenols is 1. The number of alkyl halides is 1. The average Bonchev–Trinajstić information content (AvgIpc) is 2.58. The maximum absolute atomic E-state index is 12.2. The summed E-state index contributed by atoms with van der Waals surface area (Å²) in [7, 11) is 0. The van der Waals surface area contributed by atoms with E-state index in [1.165, 1.54) is 25.0 Å². The van der Waals surface area contributed by atoms with Gasteiger partial charge < -0.3 is 10.4 Å². The minimum Gasteiger partial charge on any atom is -0.507 e. The molecule has 2 N–H and O–H groups in total. The van der Waals surface area contributed by atoms with Crippen molar-refractivity contribution in [2.75, 3.05) is 0 Å². The van der Waals surface area contributed by atoms with Crippen molar-refractivity contribution in [1.82, 2.24) is 5.32 Å². The number of amides is 1. The van der Waals surface area contributed by atoms with Gasteiger partial charge in [0.05, 0.1) is 5.56 Å². The molecule has 0 spiro atoms. The van der Waals surface area contributed by atoms with Gasteiger partial charge in [0.15, 0.2) is 0 Å². The number of phenolic OH excluding ortho intramolecular Hbond substituents is 1. The molecule has 1 fully saturated rings. The summed E-state index contributed by atoms with van der Waals surface area (Å²) in [6.45, 7) is 0. The number of benzene rings is 1. The molecule has 104 valence electrons. The molecule has 1 saturated carbocycles. The Kier molecular flexibility index (Phi) is 5.11. The first kappa shape index (κ1) is 14.7. The normalized spacial score (nSPS) is 23.7. The first-order valence-corrected chi connectivity index (χ1v) is 7.81. The van der Waals surface area contributed by atoms with Gasteiger partial charge in [0.2, 0.25) is 0 Å². The Balaban J connectivity index is 2.09. The highest BCUT2D eigenvalue weighted by atomic mass is 79.9. The lowest BCUT2D eigenvalue weighted by Gasteiger charge is -2.21. The van der Waals surface area contributed by atoms with Gasteiger partial charge in [0.1, 0.15) is 5.75 Å². The van der Waals surface area contributed by atoms with Crippen LogP contribution in [0.25, 0.3) is 0 Å². The van der Waals surface area contributed by atoms with Crippen molar-refractivity contribution in [1.29, 1.82) is 0 Å². The molecule has 2 rings (SSSR count). The Labute approximate surface area is 126 Å². The van der Waals surface area contributed by atoms with Crippen LogP contribution >= 0.6 is 27.5 Å². The largest absolute Gasteiger partial charge is 0.507 e. The van der Waals surface area contributed by atoms with E-state index >= 15 is 0 Å². The van der Waals surface area contributed by atoms with Crippen LogP contribution in [0.1, 0.15) is 42.5 Å². The van der Waals surface area contributed by atoms with Crippen molar-refractivity contribution < 1.29 is 9.90 Å². The lowest BCUT2D eigenvalue weighted by Crippen LogP contribution is -2.40. The highest BCUT2D eigenvalue weighted by Crippen LogP contribution is 2.25. The van der Waals surface area contributed by atoms with Crippen LogP contribution in [0.4, 0.5) is 0 Å². The lowest BCUT2D eigenvalue weighted by atomic mass is 10.1. The van der Waals surface area contributed by atoms with E-state index in [0.29, 0.717) is 9.85 Å². The van der Waals surface area contributed by atoms with Gasteiger partial charge >= 0.3 is 0 Å². The molecule has 0 radical (unpaired) electrons. The van der Waals surface area contributed by atoms with Crippen LogP contribution in [-0.2, 0) is 0 Å². The summed E-state index contributed by atoms with van der Waals surface area (Å²) in [5.74, 6) is -0.307. The number of halogens is 2. The van der Waals surface area contributed by atoms with Crippen molar-refractivity contribution in [3.8, 4) is 5.75 Å². The van der Waals surface area contributed by atoms with Crippen molar-refractivity contribution in [2.45, 2.75) is 43.0 Å². The van der Waals surface area contributed by atoms with E-state index in [-0.39, 0.29) is 23.3 Å². The molecule has 1 aliphatic carbocycles. The summed E-state index contributed by atoms with van der Waals surface area (Å²) in [5.41, 5.74) is 0.233. The summed E-state index contributed by atoms with van der Waals surface area (Å²) in [6, 6.07) is 4.60. The molecule has 0 aromatic heterocycles. The number of carbonyl (C=O) groups excluding carboxylic acids is 1. The van der Waals surface area contributed by atoms with Gasteiger partial charge in [-0.2, -0.15) is 0 Å². The lowest BCUT2D eigenvalue weighted by molar-refractivity contribution is 0.0932. The molecular formula is C14H17BrClNO2. The van der Waals surface area contributed by atoms with E-state index in [0.717, 1.165) is 19.3 Å². The smallest absolute Gasteiger partial charge is 0.255 e. The number of nitrogens with one attached hydrogen (secondary N) is 1. The second-order valence-electron chi connectivity index (χ2n) is 4.90. The van der Waals surface area contributed by atoms with Crippen LogP contribution in [0.3, 0.4) is 0 Å². The van der Waals surface area contributed by atoms with Crippen LogP contribution < -0.4 is 5.32 Å². The summed E-state index contributed by atoms with van der Waals surface area (Å²) in [6.07, 6.45) is 5.53. The standard InChI is InChI=1S/C14H17BrClNO2/c15-11-4-2-1-3-5-12(11)17-14(19)10-8-9(16)6-7-13(10)18/h6-8,11-12,18H,1-5H2,(H,17,19). The highest BCUT2D eigenvalue weighted by Gasteiger charge is 2.24. The monoisotopic (exact) mass is 345 g/mol. The van der Waals surface area contributed by atoms with E-state index < -0.39 is 0 Å². The zero-order chi connectivity index (χ0) is 13.8. The molecular weight excluding hydrogens is 330 g/mol. The summed E-state index contributed by atoms with van der Waals surface area (Å²) < 4.78 is 0. The molecule has 19 heavy (non-hydrogen) atoms. The number of hydrogen-bond donors (Lipinski definition) is 2. The Morgan fingerprint density at radius 2 is 2.05 bits per heavy atom. The van der Waals surface area contributed by atoms with Crippen molar-refractivity contribution >= 4 is 33.4 Å². The molecule has 1 aromatic carbocycles. The molecule has 1 aliphatic rings. The predicted octanol–water partition coefficient (Wildman–Crippen LogP) is 3.87. The molecule has 2 atom stereocenters. The van der Waals surface area contributed by atoms with Gasteiger partial charge in [-0.1, -0.05) is 46.8 Å². The fraction of sp³-hybridized carbons (Fsp3) is 0.500. The Morgan fingerprint density at radius 1 is 1.32 bits per heavy atom. The third-order valence-corrected chi connectivity index (χ3v) is 4.78. The van der Waals surface area contributed by atoms with E-state index in [4.69, 9.17) is 11.6 Å². The van der Waals surface area contributed by atoms with E-state index in [9.17, 15) is 9.90 Å². The van der Waals surface area contributed by atoms with Gasteiger partial charge in [-0.05, 0) is 31.0 Å². The number of hydrogen-bond acceptors (Lipinski definition) is 2. The van der Waals surface area contributed by atoms with E-state index in [1.54, 1.807) is 6.07 Å². The van der Waals surface area contributed by atoms with Gasteiger partial charge in [-0.15, -0.1) is 0 Å². The zero-order valence-electron chi connectivity index (χ0n) is 10.5. The SMILES string of the molecule is O=C(NC1CCCCCC1Br)c1cc(Cl)ccc1O. The van der Waals surface area contributed by atoms with Crippen molar-refractivity contribution in [2.24, 2.45) is 0 Å². The molecule has 3 nitrogen and oxygen atoms in total. The van der Waals surface area contributed by atoms with Crippen LogP contribution in [0.2, 0.25) is 5.02 Å². The number of rotatable bonds is 2. The second kappa shape index (κ2) is 6.62. The summed E-state index contributed by atoms with van der Waals surface area (Å²) in [5, 5.41) is 13.2. The molecule has 0 saturated heterocycles. The maximum atomic E-state index is 12.2. The molecule has 2 unspecified atom stereocenters. The maximum Gasteiger partial charge on any atom is 0.255 e. The summed E-state index contributed by atoms with van der Waals surface area (Å²) >= 11 is 9.49. The van der Waals surface area contributed by atoms with Gasteiger partial charge in [0, 0.05) is 15.9 Å². The number of carbonyl (C=O) groups is 1. The Bertz CT molecular complexity index is 467. The molecule has 1 amide bonds. The minimum absolute atomic E-state index is 0.0401. The van der Waals surface area contributed by atoms with Gasteiger partial charge in [0.25, 0.3) is 5.91 Å². The molecule has 0 bridgehead atoms. The van der Waals surface area contributed by atoms with Gasteiger partial charge in [-0.3, -0.25) is 4.79 Å². The van der Waals surface area contributed by atoms with Crippen LogP contribution in [0.15, 0.2) is 18.2 Å². The van der Waals surface area contributed by atoms with Gasteiger partial charge in [-0.25, -0.2) is 0 Å². The fourth-order valence-corrected chi connectivity index (χ4v) is 3.25. The third-order valence-electron chi connectivity index (χ3n) is 3.45. The summed E-state index contributed by atoms with van der Waals surface area (Å²) in [4.78, 5) is 12.5. The third kappa shape index (κ3) is 3.86. The average molecular weight is 347 g/mol. The Morgan fingerprint density at radius 3 is 2.84 bits per heavy atom. The fourth-order valence-electron chi connectivity index (χ4n) is 2.36. The first-order chi connectivity index (χ1) is 9.08. The Hall–Kier alpha value is -0.740. The second-order valence-corrected chi connectivity index (χ2v) is 6.51. The first-order valence-electron chi connectivity index (χ1n) is 6.51. The van der Waals surface area contributed by atoms with Crippen LogP contribution in [-0.4, -0.2) is 21.9 Å². The number of aromatic hydroxyl groups is 1. The molecule has 5 heteroatoms. The van der Waals surface area contributed by atoms with Crippen LogP contribution in [0.5, 0.6) is 5.75 Å². The topological polar surface area (TPSA) is 49.3 Å². The minimum atomic E-state index is -0.267. The molecule has 1 aromatic rings.